The second kappa shape index (κ2) is 4.97. The van der Waals surface area contributed by atoms with E-state index in [1.165, 1.54) is 0 Å². The number of ether oxygens (including phenoxy) is 1. The highest BCUT2D eigenvalue weighted by molar-refractivity contribution is 5.85. The molecule has 0 aliphatic heterocycles. The van der Waals surface area contributed by atoms with Gasteiger partial charge in [-0.15, -0.1) is 19.0 Å². The van der Waals surface area contributed by atoms with Gasteiger partial charge in [0.05, 0.1) is 23.8 Å². The van der Waals surface area contributed by atoms with Gasteiger partial charge in [-0.1, -0.05) is 6.08 Å². The molecule has 3 N–H and O–H groups in total. The Kier molecular flexibility index (Phi) is 3.85. The number of nitrogens with two attached hydrogens (primary N) is 1. The van der Waals surface area contributed by atoms with E-state index in [0.717, 1.165) is 5.52 Å². The van der Waals surface area contributed by atoms with Crippen LogP contribution in [0.3, 0.4) is 0 Å². The number of nitrogen functional groups attached to an aromatic ring is 1. The number of hydrogen-bond acceptors (Lipinski definition) is 3. The van der Waals surface area contributed by atoms with Crippen LogP contribution in [0.25, 0.3) is 11.0 Å². The largest absolute Gasteiger partial charge is 0.495 e. The number of nitrogens with one attached hydrogen (secondary N) is 1. The molecule has 0 fully saturated rings. The number of halogens is 1. The third kappa shape index (κ3) is 2.14. The summed E-state index contributed by atoms with van der Waals surface area (Å²) < 4.78 is 6.69. The zero-order valence-corrected chi connectivity index (χ0v) is 10.2. The standard InChI is InChI=1S/C11H13N3O2.ClH/c1-3-4-14-9-6-10(16-2)7(12)5-8(9)13-11(14)15;/h3,5-6H,1,4,12H2,2H3,(H,13,15);1H. The molecule has 0 atom stereocenters. The minimum absolute atomic E-state index is 0. The third-order valence-electron chi connectivity index (χ3n) is 2.44. The highest BCUT2D eigenvalue weighted by atomic mass is 35.5. The first-order valence-electron chi connectivity index (χ1n) is 4.84. The van der Waals surface area contributed by atoms with Gasteiger partial charge in [0.25, 0.3) is 0 Å². The van der Waals surface area contributed by atoms with Gasteiger partial charge in [0.2, 0.25) is 0 Å². The molecular weight excluding hydrogens is 242 g/mol. The van der Waals surface area contributed by atoms with Crippen molar-refractivity contribution in [3.63, 3.8) is 0 Å². The van der Waals surface area contributed by atoms with Crippen molar-refractivity contribution in [2.45, 2.75) is 6.54 Å². The monoisotopic (exact) mass is 255 g/mol. The molecule has 92 valence electrons. The van der Waals surface area contributed by atoms with Crippen LogP contribution < -0.4 is 16.2 Å². The van der Waals surface area contributed by atoms with Crippen molar-refractivity contribution in [3.05, 3.63) is 35.3 Å². The predicted octanol–water partition coefficient (Wildman–Crippen LogP) is 1.53. The Morgan fingerprint density at radius 1 is 1.59 bits per heavy atom. The van der Waals surface area contributed by atoms with Gasteiger partial charge in [-0.05, 0) is 6.07 Å². The summed E-state index contributed by atoms with van der Waals surface area (Å²) in [5.41, 5.74) is 7.54. The van der Waals surface area contributed by atoms with Gasteiger partial charge >= 0.3 is 5.69 Å². The van der Waals surface area contributed by atoms with Crippen LogP contribution in [-0.2, 0) is 6.54 Å². The summed E-state index contributed by atoms with van der Waals surface area (Å²) in [7, 11) is 1.54. The van der Waals surface area contributed by atoms with Gasteiger partial charge in [-0.3, -0.25) is 4.57 Å². The van der Waals surface area contributed by atoms with Gasteiger partial charge in [-0.25, -0.2) is 4.79 Å². The summed E-state index contributed by atoms with van der Waals surface area (Å²) in [5, 5.41) is 0. The van der Waals surface area contributed by atoms with E-state index in [0.29, 0.717) is 23.5 Å². The molecule has 6 heteroatoms. The Morgan fingerprint density at radius 3 is 2.88 bits per heavy atom. The van der Waals surface area contributed by atoms with Crippen molar-refractivity contribution >= 4 is 29.1 Å². The van der Waals surface area contributed by atoms with Crippen LogP contribution in [-0.4, -0.2) is 16.7 Å². The van der Waals surface area contributed by atoms with Crippen molar-refractivity contribution in [3.8, 4) is 5.75 Å². The average molecular weight is 256 g/mol. The van der Waals surface area contributed by atoms with E-state index in [-0.39, 0.29) is 18.1 Å². The Bertz CT molecular complexity index is 601. The molecule has 0 aliphatic carbocycles. The third-order valence-corrected chi connectivity index (χ3v) is 2.44. The van der Waals surface area contributed by atoms with Gasteiger partial charge in [0, 0.05) is 12.6 Å². The number of methoxy groups -OCH3 is 1. The number of rotatable bonds is 3. The van der Waals surface area contributed by atoms with Crippen molar-refractivity contribution in [1.29, 1.82) is 0 Å². The Morgan fingerprint density at radius 2 is 2.29 bits per heavy atom. The number of anilines is 1. The van der Waals surface area contributed by atoms with Crippen molar-refractivity contribution in [2.24, 2.45) is 0 Å². The second-order valence-corrected chi connectivity index (χ2v) is 3.44. The summed E-state index contributed by atoms with van der Waals surface area (Å²) in [4.78, 5) is 14.3. The van der Waals surface area contributed by atoms with Crippen LogP contribution in [0, 0.1) is 0 Å². The summed E-state index contributed by atoms with van der Waals surface area (Å²) in [5.74, 6) is 0.560. The lowest BCUT2D eigenvalue weighted by molar-refractivity contribution is 0.417. The maximum absolute atomic E-state index is 11.6. The zero-order valence-electron chi connectivity index (χ0n) is 9.40. The number of allylic oxidation sites excluding steroid dienone is 1. The lowest BCUT2D eigenvalue weighted by Crippen LogP contribution is -2.15. The fourth-order valence-electron chi connectivity index (χ4n) is 1.69. The number of benzene rings is 1. The minimum Gasteiger partial charge on any atom is -0.495 e. The first-order chi connectivity index (χ1) is 7.67. The van der Waals surface area contributed by atoms with Crippen molar-refractivity contribution in [2.75, 3.05) is 12.8 Å². The fraction of sp³-hybridized carbons (Fsp3) is 0.182. The van der Waals surface area contributed by atoms with Crippen LogP contribution in [0.4, 0.5) is 5.69 Å². The predicted molar refractivity (Wildman–Crippen MR) is 71.0 cm³/mol. The normalized spacial score (nSPS) is 9.94. The number of aromatic amines is 1. The van der Waals surface area contributed by atoms with E-state index in [4.69, 9.17) is 10.5 Å². The number of H-pyrrole nitrogens is 1. The zero-order chi connectivity index (χ0) is 11.7. The summed E-state index contributed by atoms with van der Waals surface area (Å²) in [6, 6.07) is 3.43. The molecule has 2 rings (SSSR count). The molecule has 17 heavy (non-hydrogen) atoms. The van der Waals surface area contributed by atoms with Crippen LogP contribution >= 0.6 is 12.4 Å². The number of aromatic nitrogens is 2. The molecule has 0 saturated heterocycles. The lowest BCUT2D eigenvalue weighted by atomic mass is 10.2. The van der Waals surface area contributed by atoms with Crippen LogP contribution in [0.2, 0.25) is 0 Å². The molecular formula is C11H14ClN3O2. The highest BCUT2D eigenvalue weighted by Crippen LogP contribution is 2.26. The molecule has 0 aliphatic rings. The fourth-order valence-corrected chi connectivity index (χ4v) is 1.69. The van der Waals surface area contributed by atoms with E-state index in [9.17, 15) is 4.79 Å². The molecule has 5 nitrogen and oxygen atoms in total. The first-order valence-corrected chi connectivity index (χ1v) is 4.84. The first kappa shape index (κ1) is 13.2. The number of nitrogens with zero attached hydrogens (tertiary/aromatic N) is 1. The topological polar surface area (TPSA) is 73.0 Å². The molecule has 0 unspecified atom stereocenters. The van der Waals surface area contributed by atoms with E-state index in [1.54, 1.807) is 29.9 Å². The summed E-state index contributed by atoms with van der Waals surface area (Å²) >= 11 is 0. The number of fused-ring (bicyclic) bond motifs is 1. The SMILES string of the molecule is C=CCn1c(=O)[nH]c2cc(N)c(OC)cc21.Cl. The average Bonchev–Trinajstić information content (AvgIpc) is 2.54. The summed E-state index contributed by atoms with van der Waals surface area (Å²) in [6.07, 6.45) is 1.66. The van der Waals surface area contributed by atoms with Crippen molar-refractivity contribution < 1.29 is 4.74 Å². The maximum Gasteiger partial charge on any atom is 0.326 e. The Hall–Kier alpha value is -1.88. The van der Waals surface area contributed by atoms with Crippen LogP contribution in [0.15, 0.2) is 29.6 Å². The molecule has 0 radical (unpaired) electrons. The van der Waals surface area contributed by atoms with Gasteiger partial charge in [-0.2, -0.15) is 0 Å². The molecule has 0 spiro atoms. The number of imidazole rings is 1. The maximum atomic E-state index is 11.6. The molecule has 2 aromatic rings. The van der Waals surface area contributed by atoms with Crippen molar-refractivity contribution in [1.82, 2.24) is 9.55 Å². The lowest BCUT2D eigenvalue weighted by Gasteiger charge is -2.05. The molecule has 0 saturated carbocycles. The van der Waals surface area contributed by atoms with E-state index >= 15 is 0 Å². The second-order valence-electron chi connectivity index (χ2n) is 3.44. The Balaban J connectivity index is 0.00000144. The van der Waals surface area contributed by atoms with Gasteiger partial charge in [0.1, 0.15) is 5.75 Å². The highest BCUT2D eigenvalue weighted by Gasteiger charge is 2.09. The van der Waals surface area contributed by atoms with E-state index < -0.39 is 0 Å². The Labute approximate surface area is 104 Å². The molecule has 0 bridgehead atoms. The molecule has 0 amide bonds. The van der Waals surface area contributed by atoms with Gasteiger partial charge in [0.15, 0.2) is 0 Å². The molecule has 1 aromatic heterocycles. The number of hydrogen-bond donors (Lipinski definition) is 2. The van der Waals surface area contributed by atoms with E-state index in [1.807, 2.05) is 0 Å². The smallest absolute Gasteiger partial charge is 0.326 e. The van der Waals surface area contributed by atoms with Crippen LogP contribution in [0.1, 0.15) is 0 Å². The summed E-state index contributed by atoms with van der Waals surface area (Å²) in [6.45, 7) is 4.06. The minimum atomic E-state index is -0.178. The van der Waals surface area contributed by atoms with Crippen LogP contribution in [0.5, 0.6) is 5.75 Å². The molecule has 1 aromatic carbocycles. The van der Waals surface area contributed by atoms with Gasteiger partial charge < -0.3 is 15.5 Å². The quantitative estimate of drug-likeness (QED) is 0.645. The van der Waals surface area contributed by atoms with E-state index in [2.05, 4.69) is 11.6 Å². The molecule has 1 heterocycles.